The van der Waals surface area contributed by atoms with E-state index in [4.69, 9.17) is 9.47 Å². The summed E-state index contributed by atoms with van der Waals surface area (Å²) in [7, 11) is 0. The molecule has 0 saturated heterocycles. The van der Waals surface area contributed by atoms with E-state index in [1.807, 2.05) is 6.07 Å². The number of aromatic nitrogens is 1. The lowest BCUT2D eigenvalue weighted by Gasteiger charge is -2.08. The minimum Gasteiger partial charge on any atom is -0.404 e. The zero-order valence-electron chi connectivity index (χ0n) is 15.9. The van der Waals surface area contributed by atoms with Gasteiger partial charge >= 0.3 is 11.9 Å². The Kier molecular flexibility index (Phi) is 7.20. The van der Waals surface area contributed by atoms with E-state index in [-0.39, 0.29) is 37.1 Å². The number of nitriles is 1. The molecule has 3 rings (SSSR count). The van der Waals surface area contributed by atoms with Crippen LogP contribution in [-0.4, -0.2) is 31.1 Å². The molecule has 0 bridgehead atoms. The molecule has 3 aromatic rings. The molecule has 0 spiro atoms. The fourth-order valence-corrected chi connectivity index (χ4v) is 2.38. The molecule has 3 radical (unpaired) electrons. The lowest BCUT2D eigenvalue weighted by Crippen LogP contribution is -2.13. The number of carbonyl (C=O) groups is 3. The molecule has 0 aliphatic carbocycles. The summed E-state index contributed by atoms with van der Waals surface area (Å²) < 4.78 is 10.4. The Morgan fingerprint density at radius 1 is 0.833 bits per heavy atom. The Hall–Kier alpha value is -4.25. The standard InChI is InChI=1S/C22H14N2O5.B/c1-14(25)16-8-5-9-17(12-16)22(27)29-20-18(13-23)10-11-19(24-20)28-21(26)15-6-3-2-4-7-15;/h2-12H,1H3;. The third kappa shape index (κ3) is 5.17. The summed E-state index contributed by atoms with van der Waals surface area (Å²) in [5.41, 5.74) is 0.771. The summed E-state index contributed by atoms with van der Waals surface area (Å²) in [4.78, 5) is 40.0. The first kappa shape index (κ1) is 22.0. The van der Waals surface area contributed by atoms with Crippen LogP contribution >= 0.6 is 0 Å². The van der Waals surface area contributed by atoms with E-state index >= 15 is 0 Å². The van der Waals surface area contributed by atoms with Crippen LogP contribution < -0.4 is 9.47 Å². The highest BCUT2D eigenvalue weighted by Gasteiger charge is 2.17. The van der Waals surface area contributed by atoms with Crippen LogP contribution in [0, 0.1) is 11.3 Å². The molecule has 0 saturated carbocycles. The number of hydrogen-bond donors (Lipinski definition) is 0. The van der Waals surface area contributed by atoms with E-state index in [0.29, 0.717) is 11.1 Å². The first-order valence-corrected chi connectivity index (χ1v) is 8.49. The van der Waals surface area contributed by atoms with Gasteiger partial charge in [-0.15, -0.1) is 0 Å². The maximum absolute atomic E-state index is 12.4. The van der Waals surface area contributed by atoms with Gasteiger partial charge in [0.05, 0.1) is 11.1 Å². The molecule has 145 valence electrons. The molecule has 0 fully saturated rings. The Morgan fingerprint density at radius 2 is 1.47 bits per heavy atom. The minimum absolute atomic E-state index is 0. The number of pyridine rings is 1. The number of ether oxygens (including phenoxy) is 2. The first-order chi connectivity index (χ1) is 14.0. The van der Waals surface area contributed by atoms with Gasteiger partial charge in [-0.2, -0.15) is 10.2 Å². The zero-order chi connectivity index (χ0) is 20.8. The van der Waals surface area contributed by atoms with Gasteiger partial charge in [0, 0.05) is 20.0 Å². The monoisotopic (exact) mass is 397 g/mol. The Bertz CT molecular complexity index is 1140. The topological polar surface area (TPSA) is 106 Å². The molecule has 0 atom stereocenters. The van der Waals surface area contributed by atoms with Crippen molar-refractivity contribution in [1.29, 1.82) is 5.26 Å². The van der Waals surface area contributed by atoms with E-state index in [2.05, 4.69) is 4.98 Å². The summed E-state index contributed by atoms with van der Waals surface area (Å²) in [6, 6.07) is 18.8. The van der Waals surface area contributed by atoms with Crippen molar-refractivity contribution in [2.45, 2.75) is 6.92 Å². The van der Waals surface area contributed by atoms with Crippen molar-refractivity contribution in [3.63, 3.8) is 0 Å². The van der Waals surface area contributed by atoms with Crippen LogP contribution in [0.1, 0.15) is 43.6 Å². The second-order valence-corrected chi connectivity index (χ2v) is 5.90. The van der Waals surface area contributed by atoms with Crippen molar-refractivity contribution >= 4 is 26.1 Å². The number of rotatable bonds is 5. The average Bonchev–Trinajstić information content (AvgIpc) is 2.74. The summed E-state index contributed by atoms with van der Waals surface area (Å²) >= 11 is 0. The van der Waals surface area contributed by atoms with E-state index in [1.54, 1.807) is 42.5 Å². The average molecular weight is 397 g/mol. The highest BCUT2D eigenvalue weighted by Crippen LogP contribution is 2.21. The third-order valence-electron chi connectivity index (χ3n) is 3.86. The minimum atomic E-state index is -0.802. The SMILES string of the molecule is CC(=O)c1cccc(C(=O)Oc2nc(OC(=O)c3ccccc3)ccc2C#N)c1.[B]. The van der Waals surface area contributed by atoms with E-state index in [1.165, 1.54) is 31.2 Å². The largest absolute Gasteiger partial charge is 0.404 e. The summed E-state index contributed by atoms with van der Waals surface area (Å²) in [6.07, 6.45) is 0. The van der Waals surface area contributed by atoms with Gasteiger partial charge in [-0.25, -0.2) is 9.59 Å². The second kappa shape index (κ2) is 9.80. The van der Waals surface area contributed by atoms with Gasteiger partial charge in [0.25, 0.3) is 0 Å². The Balaban J connectivity index is 0.00000320. The van der Waals surface area contributed by atoms with E-state index in [9.17, 15) is 19.6 Å². The number of carbonyl (C=O) groups excluding carboxylic acids is 3. The summed E-state index contributed by atoms with van der Waals surface area (Å²) in [5, 5.41) is 9.24. The molecule has 0 aliphatic rings. The molecule has 30 heavy (non-hydrogen) atoms. The zero-order valence-corrected chi connectivity index (χ0v) is 15.9. The molecule has 0 unspecified atom stereocenters. The first-order valence-electron chi connectivity index (χ1n) is 8.49. The van der Waals surface area contributed by atoms with Crippen molar-refractivity contribution in [2.75, 3.05) is 0 Å². The quantitative estimate of drug-likeness (QED) is 0.370. The van der Waals surface area contributed by atoms with Gasteiger partial charge in [-0.1, -0.05) is 30.3 Å². The molecule has 0 aliphatic heterocycles. The van der Waals surface area contributed by atoms with E-state index in [0.717, 1.165) is 0 Å². The fourth-order valence-electron chi connectivity index (χ4n) is 2.38. The van der Waals surface area contributed by atoms with Crippen molar-refractivity contribution in [3.05, 3.63) is 89.0 Å². The summed E-state index contributed by atoms with van der Waals surface area (Å²) in [5.74, 6) is -2.08. The second-order valence-electron chi connectivity index (χ2n) is 5.90. The number of nitrogens with zero attached hydrogens (tertiary/aromatic N) is 2. The predicted octanol–water partition coefficient (Wildman–Crippen LogP) is 3.21. The van der Waals surface area contributed by atoms with Crippen LogP contribution in [0.25, 0.3) is 0 Å². The molecule has 0 amide bonds. The van der Waals surface area contributed by atoms with Crippen LogP contribution in [0.2, 0.25) is 0 Å². The van der Waals surface area contributed by atoms with Gasteiger partial charge in [-0.05, 0) is 37.3 Å². The molecular formula is C22H14BN2O5. The van der Waals surface area contributed by atoms with Crippen molar-refractivity contribution < 1.29 is 23.9 Å². The molecular weight excluding hydrogens is 383 g/mol. The van der Waals surface area contributed by atoms with Gasteiger partial charge in [0.2, 0.25) is 11.8 Å². The van der Waals surface area contributed by atoms with Crippen molar-refractivity contribution in [3.8, 4) is 17.8 Å². The number of esters is 2. The van der Waals surface area contributed by atoms with Crippen LogP contribution in [0.4, 0.5) is 0 Å². The van der Waals surface area contributed by atoms with Crippen molar-refractivity contribution in [2.24, 2.45) is 0 Å². The smallest absolute Gasteiger partial charge is 0.344 e. The highest BCUT2D eigenvalue weighted by atomic mass is 16.6. The maximum Gasteiger partial charge on any atom is 0.344 e. The predicted molar refractivity (Wildman–Crippen MR) is 108 cm³/mol. The lowest BCUT2D eigenvalue weighted by atomic mass is 10.1. The van der Waals surface area contributed by atoms with Crippen molar-refractivity contribution in [1.82, 2.24) is 4.98 Å². The number of benzene rings is 2. The van der Waals surface area contributed by atoms with Gasteiger partial charge in [-0.3, -0.25) is 4.79 Å². The van der Waals surface area contributed by atoms with Crippen LogP contribution in [0.3, 0.4) is 0 Å². The van der Waals surface area contributed by atoms with Crippen LogP contribution in [0.15, 0.2) is 66.7 Å². The van der Waals surface area contributed by atoms with Crippen LogP contribution in [-0.2, 0) is 0 Å². The number of hydrogen-bond acceptors (Lipinski definition) is 7. The molecule has 7 nitrogen and oxygen atoms in total. The Labute approximate surface area is 174 Å². The third-order valence-corrected chi connectivity index (χ3v) is 3.86. The number of Topliss-reactive ketones (excluding diaryl/α,β-unsaturated/α-hetero) is 1. The maximum atomic E-state index is 12.4. The molecule has 2 aromatic carbocycles. The lowest BCUT2D eigenvalue weighted by molar-refractivity contribution is 0.0717. The van der Waals surface area contributed by atoms with Gasteiger partial charge in [0.15, 0.2) is 5.78 Å². The van der Waals surface area contributed by atoms with E-state index < -0.39 is 11.9 Å². The number of ketones is 1. The molecule has 1 aromatic heterocycles. The highest BCUT2D eigenvalue weighted by molar-refractivity contribution is 5.98. The summed E-state index contributed by atoms with van der Waals surface area (Å²) in [6.45, 7) is 1.38. The molecule has 8 heteroatoms. The normalized spacial score (nSPS) is 9.60. The van der Waals surface area contributed by atoms with Crippen LogP contribution in [0.5, 0.6) is 11.8 Å². The molecule has 1 heterocycles. The Morgan fingerprint density at radius 3 is 2.13 bits per heavy atom. The van der Waals surface area contributed by atoms with Gasteiger partial charge < -0.3 is 9.47 Å². The molecule has 0 N–H and O–H groups in total. The van der Waals surface area contributed by atoms with Gasteiger partial charge in [0.1, 0.15) is 11.6 Å². The fraction of sp³-hybridized carbons (Fsp3) is 0.0455.